The van der Waals surface area contributed by atoms with Crippen LogP contribution < -0.4 is 0 Å². The molecule has 106 valence electrons. The molecule has 1 aliphatic rings. The van der Waals surface area contributed by atoms with Crippen molar-refractivity contribution in [3.8, 4) is 0 Å². The lowest BCUT2D eigenvalue weighted by Crippen LogP contribution is -2.21. The smallest absolute Gasteiger partial charge is 0.258 e. The fraction of sp³-hybridized carbons (Fsp3) is 0.533. The molecule has 2 heterocycles. The van der Waals surface area contributed by atoms with Gasteiger partial charge in [0.05, 0.1) is 6.20 Å². The van der Waals surface area contributed by atoms with Gasteiger partial charge in [-0.1, -0.05) is 12.8 Å². The van der Waals surface area contributed by atoms with Crippen LogP contribution in [0.3, 0.4) is 0 Å². The number of nitrogens with zero attached hydrogens (tertiary/aromatic N) is 4. The summed E-state index contributed by atoms with van der Waals surface area (Å²) in [6.07, 6.45) is 10.6. The highest BCUT2D eigenvalue weighted by Crippen LogP contribution is 2.21. The van der Waals surface area contributed by atoms with Gasteiger partial charge in [-0.05, 0) is 31.2 Å². The lowest BCUT2D eigenvalue weighted by Gasteiger charge is -2.14. The standard InChI is InChI=1S/C15H20N4O/c1-18(2)15(20)12-10-17-19-13-8-6-4-3-5-7-11(13)9-16-14(12)19/h9-10H,3-8H2,1-2H3. The normalized spacial score (nSPS) is 15.5. The molecule has 0 saturated carbocycles. The number of carbonyl (C=O) groups is 1. The SMILES string of the molecule is CN(C)C(=O)c1cnn2c3c(cnc12)CCCCCC3. The molecule has 0 spiro atoms. The van der Waals surface area contributed by atoms with Crippen LogP contribution in [0.15, 0.2) is 12.4 Å². The first-order valence-electron chi connectivity index (χ1n) is 7.24. The zero-order valence-electron chi connectivity index (χ0n) is 12.1. The second-order valence-corrected chi connectivity index (χ2v) is 5.64. The molecule has 0 radical (unpaired) electrons. The van der Waals surface area contributed by atoms with Gasteiger partial charge in [0.15, 0.2) is 5.65 Å². The summed E-state index contributed by atoms with van der Waals surface area (Å²) in [5.41, 5.74) is 3.78. The van der Waals surface area contributed by atoms with E-state index in [2.05, 4.69) is 10.1 Å². The van der Waals surface area contributed by atoms with Crippen molar-refractivity contribution in [3.63, 3.8) is 0 Å². The third-order valence-corrected chi connectivity index (χ3v) is 3.96. The molecule has 2 aromatic heterocycles. The molecule has 5 heteroatoms. The van der Waals surface area contributed by atoms with Crippen molar-refractivity contribution < 1.29 is 4.79 Å². The highest BCUT2D eigenvalue weighted by Gasteiger charge is 2.19. The van der Waals surface area contributed by atoms with Crippen LogP contribution in [0.25, 0.3) is 5.65 Å². The van der Waals surface area contributed by atoms with Crippen LogP contribution in [-0.2, 0) is 12.8 Å². The molecule has 5 nitrogen and oxygen atoms in total. The van der Waals surface area contributed by atoms with Crippen molar-refractivity contribution >= 4 is 11.6 Å². The minimum atomic E-state index is -0.0432. The number of hydrogen-bond donors (Lipinski definition) is 0. The molecule has 0 bridgehead atoms. The van der Waals surface area contributed by atoms with Gasteiger partial charge in [0.1, 0.15) is 5.56 Å². The van der Waals surface area contributed by atoms with Crippen molar-refractivity contribution in [3.05, 3.63) is 29.2 Å². The molecular formula is C15H20N4O. The molecule has 0 aliphatic heterocycles. The van der Waals surface area contributed by atoms with Crippen LogP contribution in [0.2, 0.25) is 0 Å². The van der Waals surface area contributed by atoms with Gasteiger partial charge >= 0.3 is 0 Å². The van der Waals surface area contributed by atoms with Gasteiger partial charge in [-0.3, -0.25) is 4.79 Å². The molecule has 0 N–H and O–H groups in total. The maximum atomic E-state index is 12.1. The number of aromatic nitrogens is 3. The number of carbonyl (C=O) groups excluding carboxylic acids is 1. The number of rotatable bonds is 1. The van der Waals surface area contributed by atoms with Crippen LogP contribution in [-0.4, -0.2) is 39.5 Å². The van der Waals surface area contributed by atoms with E-state index in [0.717, 1.165) is 12.8 Å². The van der Waals surface area contributed by atoms with Crippen LogP contribution in [0.4, 0.5) is 0 Å². The Morgan fingerprint density at radius 1 is 1.15 bits per heavy atom. The average molecular weight is 272 g/mol. The largest absolute Gasteiger partial charge is 0.345 e. The summed E-state index contributed by atoms with van der Waals surface area (Å²) in [5.74, 6) is -0.0432. The third kappa shape index (κ3) is 2.17. The first-order chi connectivity index (χ1) is 9.68. The molecule has 20 heavy (non-hydrogen) atoms. The lowest BCUT2D eigenvalue weighted by molar-refractivity contribution is 0.0829. The van der Waals surface area contributed by atoms with Gasteiger partial charge in [-0.2, -0.15) is 5.10 Å². The molecule has 0 fully saturated rings. The Bertz CT molecular complexity index is 645. The Balaban J connectivity index is 2.12. The van der Waals surface area contributed by atoms with Gasteiger partial charge in [0, 0.05) is 26.0 Å². The first kappa shape index (κ1) is 13.1. The Morgan fingerprint density at radius 3 is 2.65 bits per heavy atom. The zero-order valence-corrected chi connectivity index (χ0v) is 12.1. The van der Waals surface area contributed by atoms with Crippen molar-refractivity contribution in [1.82, 2.24) is 19.5 Å². The van der Waals surface area contributed by atoms with Gasteiger partial charge in [-0.25, -0.2) is 9.50 Å². The first-order valence-corrected chi connectivity index (χ1v) is 7.24. The molecule has 1 aliphatic carbocycles. The highest BCUT2D eigenvalue weighted by atomic mass is 16.2. The zero-order chi connectivity index (χ0) is 14.1. The Morgan fingerprint density at radius 2 is 1.90 bits per heavy atom. The second-order valence-electron chi connectivity index (χ2n) is 5.64. The van der Waals surface area contributed by atoms with Crippen molar-refractivity contribution in [1.29, 1.82) is 0 Å². The Labute approximate surface area is 118 Å². The van der Waals surface area contributed by atoms with Crippen molar-refractivity contribution in [2.24, 2.45) is 0 Å². The summed E-state index contributed by atoms with van der Waals surface area (Å²) < 4.78 is 1.87. The molecule has 0 atom stereocenters. The van der Waals surface area contributed by atoms with Crippen LogP contribution in [0.1, 0.15) is 47.3 Å². The molecule has 1 amide bonds. The predicted molar refractivity (Wildman–Crippen MR) is 76.9 cm³/mol. The minimum Gasteiger partial charge on any atom is -0.345 e. The Kier molecular flexibility index (Phi) is 3.42. The van der Waals surface area contributed by atoms with E-state index in [1.165, 1.54) is 36.9 Å². The number of aryl methyl sites for hydroxylation is 2. The van der Waals surface area contributed by atoms with Gasteiger partial charge in [-0.15, -0.1) is 0 Å². The number of amides is 1. The summed E-state index contributed by atoms with van der Waals surface area (Å²) in [6, 6.07) is 0. The second kappa shape index (κ2) is 5.23. The van der Waals surface area contributed by atoms with E-state index < -0.39 is 0 Å². The van der Waals surface area contributed by atoms with Gasteiger partial charge < -0.3 is 4.90 Å². The highest BCUT2D eigenvalue weighted by molar-refractivity contribution is 5.99. The minimum absolute atomic E-state index is 0.0432. The maximum Gasteiger partial charge on any atom is 0.258 e. The topological polar surface area (TPSA) is 50.5 Å². The Hall–Kier alpha value is -1.91. The average Bonchev–Trinajstić information content (AvgIpc) is 2.81. The predicted octanol–water partition coefficient (Wildman–Crippen LogP) is 2.09. The molecule has 0 unspecified atom stereocenters. The molecule has 2 aromatic rings. The quantitative estimate of drug-likeness (QED) is 0.798. The van der Waals surface area contributed by atoms with E-state index in [9.17, 15) is 4.79 Å². The van der Waals surface area contributed by atoms with E-state index in [1.807, 2.05) is 10.7 Å². The van der Waals surface area contributed by atoms with E-state index in [1.54, 1.807) is 25.2 Å². The molecule has 0 aromatic carbocycles. The van der Waals surface area contributed by atoms with E-state index >= 15 is 0 Å². The maximum absolute atomic E-state index is 12.1. The molecular weight excluding hydrogens is 252 g/mol. The summed E-state index contributed by atoms with van der Waals surface area (Å²) >= 11 is 0. The van der Waals surface area contributed by atoms with Gasteiger partial charge in [0.2, 0.25) is 0 Å². The molecule has 0 saturated heterocycles. The van der Waals surface area contributed by atoms with E-state index in [-0.39, 0.29) is 5.91 Å². The van der Waals surface area contributed by atoms with Gasteiger partial charge in [0.25, 0.3) is 5.91 Å². The van der Waals surface area contributed by atoms with Crippen LogP contribution in [0.5, 0.6) is 0 Å². The summed E-state index contributed by atoms with van der Waals surface area (Å²) in [7, 11) is 3.50. The summed E-state index contributed by atoms with van der Waals surface area (Å²) in [4.78, 5) is 18.2. The van der Waals surface area contributed by atoms with E-state index in [0.29, 0.717) is 11.2 Å². The number of fused-ring (bicyclic) bond motifs is 3. The van der Waals surface area contributed by atoms with E-state index in [4.69, 9.17) is 0 Å². The van der Waals surface area contributed by atoms with Crippen LogP contribution >= 0.6 is 0 Å². The van der Waals surface area contributed by atoms with Crippen LogP contribution in [0, 0.1) is 0 Å². The lowest BCUT2D eigenvalue weighted by atomic mass is 9.98. The third-order valence-electron chi connectivity index (χ3n) is 3.96. The van der Waals surface area contributed by atoms with Crippen molar-refractivity contribution in [2.45, 2.75) is 38.5 Å². The number of hydrogen-bond acceptors (Lipinski definition) is 3. The fourth-order valence-corrected chi connectivity index (χ4v) is 2.84. The summed E-state index contributed by atoms with van der Waals surface area (Å²) in [6.45, 7) is 0. The molecule has 3 rings (SSSR count). The fourth-order valence-electron chi connectivity index (χ4n) is 2.84. The summed E-state index contributed by atoms with van der Waals surface area (Å²) in [5, 5.41) is 4.41. The van der Waals surface area contributed by atoms with Crippen molar-refractivity contribution in [2.75, 3.05) is 14.1 Å². The monoisotopic (exact) mass is 272 g/mol.